The van der Waals surface area contributed by atoms with Gasteiger partial charge in [-0.05, 0) is 42.6 Å². The molecular formula is C9H10FO2S-. The van der Waals surface area contributed by atoms with Crippen LogP contribution < -0.4 is 0 Å². The summed E-state index contributed by atoms with van der Waals surface area (Å²) in [5, 5.41) is 0. The van der Waals surface area contributed by atoms with E-state index in [0.29, 0.717) is 5.56 Å². The SMILES string of the molecule is CC(C)(c1ccc(F)cc1)S(=O)[O-]. The summed E-state index contributed by atoms with van der Waals surface area (Å²) in [6.07, 6.45) is 0. The summed E-state index contributed by atoms with van der Waals surface area (Å²) in [6.45, 7) is 3.15. The van der Waals surface area contributed by atoms with Gasteiger partial charge in [-0.3, -0.25) is 4.21 Å². The Labute approximate surface area is 79.1 Å². The summed E-state index contributed by atoms with van der Waals surface area (Å²) in [7, 11) is 0. The molecule has 0 aromatic heterocycles. The van der Waals surface area contributed by atoms with Crippen molar-refractivity contribution >= 4 is 11.1 Å². The normalized spacial score (nSPS) is 14.2. The van der Waals surface area contributed by atoms with Crippen LogP contribution >= 0.6 is 0 Å². The molecule has 1 rings (SSSR count). The molecule has 2 nitrogen and oxygen atoms in total. The Kier molecular flexibility index (Phi) is 2.83. The Balaban J connectivity index is 3.08. The maximum atomic E-state index is 12.5. The molecule has 0 heterocycles. The Bertz CT molecular complexity index is 319. The lowest BCUT2D eigenvalue weighted by molar-refractivity contribution is 0.500. The fourth-order valence-electron chi connectivity index (χ4n) is 0.947. The molecule has 0 N–H and O–H groups in total. The number of hydrogen-bond donors (Lipinski definition) is 0. The van der Waals surface area contributed by atoms with E-state index >= 15 is 0 Å². The molecule has 0 saturated heterocycles. The van der Waals surface area contributed by atoms with E-state index in [1.54, 1.807) is 13.8 Å². The third kappa shape index (κ3) is 2.14. The summed E-state index contributed by atoms with van der Waals surface area (Å²) >= 11 is -2.21. The number of benzene rings is 1. The number of hydrogen-bond acceptors (Lipinski definition) is 2. The van der Waals surface area contributed by atoms with Gasteiger partial charge in [-0.1, -0.05) is 12.1 Å². The van der Waals surface area contributed by atoms with Crippen LogP contribution in [0.5, 0.6) is 0 Å². The quantitative estimate of drug-likeness (QED) is 0.686. The Hall–Kier alpha value is -0.740. The highest BCUT2D eigenvalue weighted by molar-refractivity contribution is 7.80. The largest absolute Gasteiger partial charge is 0.772 e. The minimum atomic E-state index is -2.21. The minimum absolute atomic E-state index is 0.365. The summed E-state index contributed by atoms with van der Waals surface area (Å²) < 4.78 is 33.2. The van der Waals surface area contributed by atoms with Crippen LogP contribution in [0.3, 0.4) is 0 Å². The molecule has 1 aromatic rings. The van der Waals surface area contributed by atoms with Gasteiger partial charge in [0.15, 0.2) is 0 Å². The van der Waals surface area contributed by atoms with Gasteiger partial charge in [0.25, 0.3) is 0 Å². The molecule has 72 valence electrons. The van der Waals surface area contributed by atoms with Gasteiger partial charge in [0.1, 0.15) is 5.82 Å². The second kappa shape index (κ2) is 3.55. The molecule has 1 unspecified atom stereocenters. The van der Waals surface area contributed by atoms with Crippen LogP contribution in [0.2, 0.25) is 0 Å². The molecule has 0 aliphatic rings. The molecule has 0 radical (unpaired) electrons. The fourth-order valence-corrected chi connectivity index (χ4v) is 1.28. The van der Waals surface area contributed by atoms with E-state index in [9.17, 15) is 13.2 Å². The van der Waals surface area contributed by atoms with Gasteiger partial charge >= 0.3 is 0 Å². The predicted octanol–water partition coefficient (Wildman–Crippen LogP) is 1.94. The Morgan fingerprint density at radius 1 is 1.31 bits per heavy atom. The van der Waals surface area contributed by atoms with E-state index in [1.807, 2.05) is 0 Å². The second-order valence-corrected chi connectivity index (χ2v) is 4.74. The molecule has 0 fully saturated rings. The van der Waals surface area contributed by atoms with Gasteiger partial charge in [-0.2, -0.15) is 0 Å². The van der Waals surface area contributed by atoms with Crippen LogP contribution in [0.4, 0.5) is 4.39 Å². The number of halogens is 1. The molecule has 4 heteroatoms. The highest BCUT2D eigenvalue weighted by Crippen LogP contribution is 2.25. The van der Waals surface area contributed by atoms with Gasteiger partial charge in [0, 0.05) is 0 Å². The molecule has 13 heavy (non-hydrogen) atoms. The maximum absolute atomic E-state index is 12.5. The van der Waals surface area contributed by atoms with Crippen molar-refractivity contribution in [1.82, 2.24) is 0 Å². The first-order chi connectivity index (χ1) is 5.94. The topological polar surface area (TPSA) is 40.1 Å². The van der Waals surface area contributed by atoms with Crippen LogP contribution in [0.25, 0.3) is 0 Å². The zero-order valence-corrected chi connectivity index (χ0v) is 8.23. The van der Waals surface area contributed by atoms with Crippen LogP contribution in [-0.2, 0) is 15.8 Å². The first kappa shape index (κ1) is 10.3. The van der Waals surface area contributed by atoms with Crippen molar-refractivity contribution in [3.8, 4) is 0 Å². The van der Waals surface area contributed by atoms with Crippen molar-refractivity contribution in [2.24, 2.45) is 0 Å². The van der Waals surface area contributed by atoms with E-state index in [2.05, 4.69) is 0 Å². The highest BCUT2D eigenvalue weighted by atomic mass is 32.2. The summed E-state index contributed by atoms with van der Waals surface area (Å²) in [5.41, 5.74) is 0.585. The van der Waals surface area contributed by atoms with Crippen molar-refractivity contribution in [2.45, 2.75) is 18.6 Å². The molecule has 0 bridgehead atoms. The van der Waals surface area contributed by atoms with E-state index in [0.717, 1.165) is 0 Å². The molecule has 0 spiro atoms. The summed E-state index contributed by atoms with van der Waals surface area (Å²) in [4.78, 5) is 0. The lowest BCUT2D eigenvalue weighted by Crippen LogP contribution is -2.23. The summed E-state index contributed by atoms with van der Waals surface area (Å²) in [5.74, 6) is -0.365. The van der Waals surface area contributed by atoms with Gasteiger partial charge in [-0.15, -0.1) is 0 Å². The van der Waals surface area contributed by atoms with Crippen molar-refractivity contribution < 1.29 is 13.2 Å². The molecule has 0 aliphatic carbocycles. The average Bonchev–Trinajstić information content (AvgIpc) is 2.04. The van der Waals surface area contributed by atoms with Crippen molar-refractivity contribution in [3.63, 3.8) is 0 Å². The molecule has 0 saturated carbocycles. The van der Waals surface area contributed by atoms with E-state index in [4.69, 9.17) is 0 Å². The third-order valence-corrected chi connectivity index (χ3v) is 3.03. The first-order valence-electron chi connectivity index (χ1n) is 3.80. The zero-order valence-electron chi connectivity index (χ0n) is 7.41. The lowest BCUT2D eigenvalue weighted by Gasteiger charge is -2.27. The third-order valence-electron chi connectivity index (χ3n) is 1.96. The average molecular weight is 201 g/mol. The van der Waals surface area contributed by atoms with Gasteiger partial charge in [-0.25, -0.2) is 4.39 Å². The van der Waals surface area contributed by atoms with E-state index in [1.165, 1.54) is 24.3 Å². The standard InChI is InChI=1S/C9H11FO2S/c1-9(2,13(11)12)7-3-5-8(10)6-4-7/h3-6H,1-2H3,(H,11,12)/p-1. The van der Waals surface area contributed by atoms with Crippen LogP contribution in [0.15, 0.2) is 24.3 Å². The van der Waals surface area contributed by atoms with Gasteiger partial charge in [0.05, 0.1) is 4.75 Å². The highest BCUT2D eigenvalue weighted by Gasteiger charge is 2.21. The monoisotopic (exact) mass is 201 g/mol. The Morgan fingerprint density at radius 2 is 1.77 bits per heavy atom. The zero-order chi connectivity index (χ0) is 10.1. The Morgan fingerprint density at radius 3 is 2.15 bits per heavy atom. The van der Waals surface area contributed by atoms with Crippen LogP contribution in [-0.4, -0.2) is 8.76 Å². The molecule has 0 aliphatic heterocycles. The van der Waals surface area contributed by atoms with Crippen LogP contribution in [0.1, 0.15) is 19.4 Å². The van der Waals surface area contributed by atoms with Crippen LogP contribution in [0, 0.1) is 5.82 Å². The van der Waals surface area contributed by atoms with E-state index < -0.39 is 15.8 Å². The minimum Gasteiger partial charge on any atom is -0.772 e. The van der Waals surface area contributed by atoms with Crippen molar-refractivity contribution in [3.05, 3.63) is 35.6 Å². The van der Waals surface area contributed by atoms with Gasteiger partial charge in [0.2, 0.25) is 0 Å². The van der Waals surface area contributed by atoms with Gasteiger partial charge < -0.3 is 4.55 Å². The smallest absolute Gasteiger partial charge is 0.123 e. The number of rotatable bonds is 2. The lowest BCUT2D eigenvalue weighted by atomic mass is 10.0. The predicted molar refractivity (Wildman–Crippen MR) is 48.3 cm³/mol. The van der Waals surface area contributed by atoms with Crippen molar-refractivity contribution in [1.29, 1.82) is 0 Å². The fraction of sp³-hybridized carbons (Fsp3) is 0.333. The molecule has 1 aromatic carbocycles. The second-order valence-electron chi connectivity index (χ2n) is 3.25. The molecule has 1 atom stereocenters. The first-order valence-corrected chi connectivity index (χ1v) is 4.87. The molecule has 0 amide bonds. The summed E-state index contributed by atoms with van der Waals surface area (Å²) in [6, 6.07) is 5.46. The maximum Gasteiger partial charge on any atom is 0.123 e. The van der Waals surface area contributed by atoms with E-state index in [-0.39, 0.29) is 5.82 Å². The molecular weight excluding hydrogens is 191 g/mol. The van der Waals surface area contributed by atoms with Crippen molar-refractivity contribution in [2.75, 3.05) is 0 Å².